The number of rotatable bonds is 1. The number of hydrogen-bond acceptors (Lipinski definition) is 2. The first-order chi connectivity index (χ1) is 7.70. The first-order valence-electron chi connectivity index (χ1n) is 5.43. The zero-order valence-corrected chi connectivity index (χ0v) is 10.1. The smallest absolute Gasteiger partial charge is 0.166 e. The highest BCUT2D eigenvalue weighted by molar-refractivity contribution is 7.80. The zero-order chi connectivity index (χ0) is 11.5. The van der Waals surface area contributed by atoms with Crippen molar-refractivity contribution in [2.45, 2.75) is 19.1 Å². The quantitative estimate of drug-likeness (QED) is 0.753. The molecular weight excluding hydrogens is 220 g/mol. The van der Waals surface area contributed by atoms with Crippen LogP contribution < -0.4 is 5.73 Å². The SMILES string of the molecule is C[C@H]1[C@@H](c2ccccc2)OCCN1C(N)=S. The summed E-state index contributed by atoms with van der Waals surface area (Å²) >= 11 is 5.04. The van der Waals surface area contributed by atoms with E-state index >= 15 is 0 Å². The Morgan fingerprint density at radius 3 is 2.75 bits per heavy atom. The van der Waals surface area contributed by atoms with Gasteiger partial charge in [0.2, 0.25) is 0 Å². The van der Waals surface area contributed by atoms with Crippen LogP contribution in [0.1, 0.15) is 18.6 Å². The normalized spacial score (nSPS) is 25.4. The molecule has 4 heteroatoms. The highest BCUT2D eigenvalue weighted by atomic mass is 32.1. The Labute approximate surface area is 101 Å². The van der Waals surface area contributed by atoms with Gasteiger partial charge in [0, 0.05) is 6.54 Å². The molecule has 1 fully saturated rings. The topological polar surface area (TPSA) is 38.5 Å². The van der Waals surface area contributed by atoms with Crippen LogP contribution in [0.5, 0.6) is 0 Å². The Bertz CT molecular complexity index is 369. The Hall–Kier alpha value is -1.13. The number of nitrogens with two attached hydrogens (primary N) is 1. The van der Waals surface area contributed by atoms with E-state index in [1.165, 1.54) is 5.56 Å². The summed E-state index contributed by atoms with van der Waals surface area (Å²) in [6, 6.07) is 10.4. The van der Waals surface area contributed by atoms with Crippen molar-refractivity contribution in [1.82, 2.24) is 4.90 Å². The lowest BCUT2D eigenvalue weighted by Crippen LogP contribution is -2.50. The molecule has 0 spiro atoms. The lowest BCUT2D eigenvalue weighted by atomic mass is 10.0. The van der Waals surface area contributed by atoms with Crippen molar-refractivity contribution in [2.24, 2.45) is 5.73 Å². The van der Waals surface area contributed by atoms with Crippen LogP contribution in [0.4, 0.5) is 0 Å². The summed E-state index contributed by atoms with van der Waals surface area (Å²) in [6.45, 7) is 3.54. The van der Waals surface area contributed by atoms with Gasteiger partial charge in [0.1, 0.15) is 6.10 Å². The van der Waals surface area contributed by atoms with Gasteiger partial charge in [-0.2, -0.15) is 0 Å². The third-order valence-electron chi connectivity index (χ3n) is 2.97. The molecule has 1 heterocycles. The number of thiocarbonyl (C=S) groups is 1. The molecule has 0 aromatic heterocycles. The molecule has 16 heavy (non-hydrogen) atoms. The van der Waals surface area contributed by atoms with Crippen molar-refractivity contribution in [3.8, 4) is 0 Å². The Morgan fingerprint density at radius 1 is 1.44 bits per heavy atom. The lowest BCUT2D eigenvalue weighted by molar-refractivity contribution is -0.0408. The third kappa shape index (κ3) is 2.18. The van der Waals surface area contributed by atoms with Gasteiger partial charge in [0.05, 0.1) is 12.6 Å². The molecule has 0 radical (unpaired) electrons. The van der Waals surface area contributed by atoms with Crippen molar-refractivity contribution in [3.63, 3.8) is 0 Å². The van der Waals surface area contributed by atoms with Gasteiger partial charge in [-0.05, 0) is 24.7 Å². The van der Waals surface area contributed by atoms with Gasteiger partial charge in [-0.1, -0.05) is 30.3 Å². The molecule has 1 aromatic carbocycles. The molecule has 0 bridgehead atoms. The van der Waals surface area contributed by atoms with E-state index in [1.807, 2.05) is 23.1 Å². The molecular formula is C12H16N2OS. The molecule has 0 unspecified atom stereocenters. The van der Waals surface area contributed by atoms with E-state index in [4.69, 9.17) is 22.7 Å². The summed E-state index contributed by atoms with van der Waals surface area (Å²) in [5, 5.41) is 0.455. The fraction of sp³-hybridized carbons (Fsp3) is 0.417. The summed E-state index contributed by atoms with van der Waals surface area (Å²) in [4.78, 5) is 2.02. The van der Waals surface area contributed by atoms with Crippen LogP contribution in [0.3, 0.4) is 0 Å². The lowest BCUT2D eigenvalue weighted by Gasteiger charge is -2.39. The van der Waals surface area contributed by atoms with E-state index in [0.29, 0.717) is 11.7 Å². The molecule has 2 N–H and O–H groups in total. The molecule has 1 aliphatic heterocycles. The minimum absolute atomic E-state index is 0.0523. The maximum absolute atomic E-state index is 5.80. The second kappa shape index (κ2) is 4.80. The molecule has 3 nitrogen and oxygen atoms in total. The number of benzene rings is 1. The van der Waals surface area contributed by atoms with Crippen LogP contribution in [0, 0.1) is 0 Å². The summed E-state index contributed by atoms with van der Waals surface area (Å²) < 4.78 is 5.80. The zero-order valence-electron chi connectivity index (χ0n) is 9.30. The Morgan fingerprint density at radius 2 is 2.12 bits per heavy atom. The molecule has 2 rings (SSSR count). The first-order valence-corrected chi connectivity index (χ1v) is 5.83. The van der Waals surface area contributed by atoms with E-state index in [2.05, 4.69) is 19.1 Å². The molecule has 86 valence electrons. The number of ether oxygens (including phenoxy) is 1. The molecule has 0 aliphatic carbocycles. The average Bonchev–Trinajstić information content (AvgIpc) is 2.30. The van der Waals surface area contributed by atoms with Crippen LogP contribution in [0.15, 0.2) is 30.3 Å². The summed E-state index contributed by atoms with van der Waals surface area (Å²) in [6.07, 6.45) is 0.0523. The van der Waals surface area contributed by atoms with Crippen molar-refractivity contribution in [3.05, 3.63) is 35.9 Å². The predicted molar refractivity (Wildman–Crippen MR) is 68.1 cm³/mol. The third-order valence-corrected chi connectivity index (χ3v) is 3.21. The van der Waals surface area contributed by atoms with Crippen LogP contribution >= 0.6 is 12.2 Å². The summed E-state index contributed by atoms with van der Waals surface area (Å²) in [5.41, 5.74) is 6.88. The van der Waals surface area contributed by atoms with Crippen LogP contribution in [0.25, 0.3) is 0 Å². The van der Waals surface area contributed by atoms with E-state index < -0.39 is 0 Å². The number of morpholine rings is 1. The van der Waals surface area contributed by atoms with E-state index in [0.717, 1.165) is 6.54 Å². The van der Waals surface area contributed by atoms with E-state index in [1.54, 1.807) is 0 Å². The molecule has 0 amide bonds. The predicted octanol–water partition coefficient (Wildman–Crippen LogP) is 1.69. The average molecular weight is 236 g/mol. The standard InChI is InChI=1S/C12H16N2OS/c1-9-11(10-5-3-2-4-6-10)15-8-7-14(9)12(13)16/h2-6,9,11H,7-8H2,1H3,(H2,13,16)/t9-,11-/m0/s1. The highest BCUT2D eigenvalue weighted by Crippen LogP contribution is 2.27. The second-order valence-electron chi connectivity index (χ2n) is 3.97. The van der Waals surface area contributed by atoms with Gasteiger partial charge in [-0.3, -0.25) is 0 Å². The minimum Gasteiger partial charge on any atom is -0.376 e. The first kappa shape index (κ1) is 11.4. The highest BCUT2D eigenvalue weighted by Gasteiger charge is 2.30. The fourth-order valence-electron chi connectivity index (χ4n) is 2.11. The van der Waals surface area contributed by atoms with E-state index in [9.17, 15) is 0 Å². The minimum atomic E-state index is 0.0523. The molecule has 1 aliphatic rings. The Kier molecular flexibility index (Phi) is 3.41. The number of hydrogen-bond donors (Lipinski definition) is 1. The second-order valence-corrected chi connectivity index (χ2v) is 4.39. The van der Waals surface area contributed by atoms with Gasteiger partial charge in [0.15, 0.2) is 5.11 Å². The molecule has 1 saturated heterocycles. The molecule has 2 atom stereocenters. The molecule has 1 aromatic rings. The van der Waals surface area contributed by atoms with E-state index in [-0.39, 0.29) is 12.1 Å². The van der Waals surface area contributed by atoms with Gasteiger partial charge in [-0.15, -0.1) is 0 Å². The fourth-order valence-corrected chi connectivity index (χ4v) is 2.37. The maximum Gasteiger partial charge on any atom is 0.166 e. The van der Waals surface area contributed by atoms with Gasteiger partial charge >= 0.3 is 0 Å². The van der Waals surface area contributed by atoms with Crippen LogP contribution in [0.2, 0.25) is 0 Å². The summed E-state index contributed by atoms with van der Waals surface area (Å²) in [5.74, 6) is 0. The summed E-state index contributed by atoms with van der Waals surface area (Å²) in [7, 11) is 0. The largest absolute Gasteiger partial charge is 0.376 e. The monoisotopic (exact) mass is 236 g/mol. The van der Waals surface area contributed by atoms with Gasteiger partial charge < -0.3 is 15.4 Å². The number of nitrogens with zero attached hydrogens (tertiary/aromatic N) is 1. The van der Waals surface area contributed by atoms with Gasteiger partial charge in [0.25, 0.3) is 0 Å². The van der Waals surface area contributed by atoms with Crippen LogP contribution in [-0.4, -0.2) is 29.2 Å². The molecule has 0 saturated carbocycles. The maximum atomic E-state index is 5.80. The van der Waals surface area contributed by atoms with Gasteiger partial charge in [-0.25, -0.2) is 0 Å². The van der Waals surface area contributed by atoms with Crippen LogP contribution in [-0.2, 0) is 4.74 Å². The van der Waals surface area contributed by atoms with Crippen molar-refractivity contribution in [2.75, 3.05) is 13.2 Å². The Balaban J connectivity index is 2.19. The van der Waals surface area contributed by atoms with Crippen molar-refractivity contribution < 1.29 is 4.74 Å². The van der Waals surface area contributed by atoms with Crippen molar-refractivity contribution in [1.29, 1.82) is 0 Å². The van der Waals surface area contributed by atoms with Crippen molar-refractivity contribution >= 4 is 17.3 Å².